The topological polar surface area (TPSA) is 64.1 Å². The standard InChI is InChI=1S/C27H37N3O4S.ClH/c1-7-29(8-2)14-15-30(27-28-21-13-12-19(6)16-24(21)35-27)26(31)20-17-22(32-9-3)25(34-11-5)23(18-20)33-10-4;/h12-13,16-18H,7-11,14-15H2,1-6H3;1H. The van der Waals surface area contributed by atoms with Gasteiger partial charge in [-0.15, -0.1) is 12.4 Å². The highest BCUT2D eigenvalue weighted by atomic mass is 35.5. The fourth-order valence-corrected chi connectivity index (χ4v) is 4.96. The zero-order valence-corrected chi connectivity index (χ0v) is 23.8. The number of carbonyl (C=O) groups is 1. The summed E-state index contributed by atoms with van der Waals surface area (Å²) in [5.41, 5.74) is 2.55. The van der Waals surface area contributed by atoms with E-state index in [4.69, 9.17) is 19.2 Å². The number of halogens is 1. The van der Waals surface area contributed by atoms with E-state index in [1.54, 1.807) is 17.0 Å². The van der Waals surface area contributed by atoms with Gasteiger partial charge in [0.05, 0.1) is 30.0 Å². The van der Waals surface area contributed by atoms with E-state index in [-0.39, 0.29) is 18.3 Å². The summed E-state index contributed by atoms with van der Waals surface area (Å²) in [4.78, 5) is 22.9. The summed E-state index contributed by atoms with van der Waals surface area (Å²) < 4.78 is 18.6. The Balaban J connectivity index is 0.00000456. The van der Waals surface area contributed by atoms with Gasteiger partial charge in [-0.25, -0.2) is 4.98 Å². The first kappa shape index (κ1) is 29.7. The van der Waals surface area contributed by atoms with Crippen LogP contribution in [-0.4, -0.2) is 61.8 Å². The number of thiazole rings is 1. The minimum atomic E-state index is -0.141. The van der Waals surface area contributed by atoms with E-state index in [9.17, 15) is 4.79 Å². The summed E-state index contributed by atoms with van der Waals surface area (Å²) in [5, 5.41) is 0.688. The van der Waals surface area contributed by atoms with Crippen LogP contribution in [0.1, 0.15) is 50.5 Å². The minimum absolute atomic E-state index is 0. The van der Waals surface area contributed by atoms with Crippen molar-refractivity contribution in [3.8, 4) is 17.2 Å². The van der Waals surface area contributed by atoms with Crippen LogP contribution in [0.3, 0.4) is 0 Å². The van der Waals surface area contributed by atoms with Crippen molar-refractivity contribution in [2.24, 2.45) is 0 Å². The molecule has 0 unspecified atom stereocenters. The SMILES string of the molecule is CCOc1cc(C(=O)N(CCN(CC)CC)c2nc3ccc(C)cc3s2)cc(OCC)c1OCC.Cl. The molecule has 3 rings (SSSR count). The number of ether oxygens (including phenoxy) is 3. The maximum Gasteiger partial charge on any atom is 0.260 e. The van der Waals surface area contributed by atoms with Crippen molar-refractivity contribution >= 4 is 45.0 Å². The highest BCUT2D eigenvalue weighted by Crippen LogP contribution is 2.40. The van der Waals surface area contributed by atoms with Gasteiger partial charge in [-0.05, 0) is 70.6 Å². The van der Waals surface area contributed by atoms with Gasteiger partial charge in [0, 0.05) is 18.7 Å². The summed E-state index contributed by atoms with van der Waals surface area (Å²) >= 11 is 1.54. The lowest BCUT2D eigenvalue weighted by molar-refractivity contribution is 0.0982. The Bertz CT molecular complexity index is 1110. The second-order valence-corrected chi connectivity index (χ2v) is 9.06. The predicted molar refractivity (Wildman–Crippen MR) is 151 cm³/mol. The Morgan fingerprint density at radius 2 is 1.50 bits per heavy atom. The Hall–Kier alpha value is -2.55. The highest BCUT2D eigenvalue weighted by Gasteiger charge is 2.25. The van der Waals surface area contributed by atoms with Crippen LogP contribution in [0.15, 0.2) is 30.3 Å². The first-order valence-electron chi connectivity index (χ1n) is 12.4. The quantitative estimate of drug-likeness (QED) is 0.259. The number of fused-ring (bicyclic) bond motifs is 1. The second kappa shape index (κ2) is 14.3. The van der Waals surface area contributed by atoms with E-state index in [1.807, 2.05) is 32.9 Å². The molecule has 9 heteroatoms. The molecule has 36 heavy (non-hydrogen) atoms. The average Bonchev–Trinajstić information content (AvgIpc) is 3.26. The molecule has 0 fully saturated rings. The third-order valence-corrected chi connectivity index (χ3v) is 6.74. The van der Waals surface area contributed by atoms with Crippen molar-refractivity contribution in [3.63, 3.8) is 0 Å². The molecule has 1 amide bonds. The fourth-order valence-electron chi connectivity index (χ4n) is 3.87. The summed E-state index contributed by atoms with van der Waals surface area (Å²) in [6, 6.07) is 9.67. The first-order chi connectivity index (χ1) is 16.9. The van der Waals surface area contributed by atoms with Gasteiger partial charge in [0.2, 0.25) is 5.75 Å². The lowest BCUT2D eigenvalue weighted by Crippen LogP contribution is -2.38. The fraction of sp³-hybridized carbons (Fsp3) is 0.481. The third-order valence-electron chi connectivity index (χ3n) is 5.70. The number of aryl methyl sites for hydroxylation is 1. The number of hydrogen-bond acceptors (Lipinski definition) is 7. The summed E-state index contributed by atoms with van der Waals surface area (Å²) in [5.74, 6) is 1.40. The number of amides is 1. The predicted octanol–water partition coefficient (Wildman–Crippen LogP) is 6.21. The van der Waals surface area contributed by atoms with E-state index >= 15 is 0 Å². The molecule has 0 aliphatic rings. The molecular weight excluding hydrogens is 498 g/mol. The van der Waals surface area contributed by atoms with Gasteiger partial charge < -0.3 is 19.1 Å². The van der Waals surface area contributed by atoms with Crippen molar-refractivity contribution in [1.29, 1.82) is 0 Å². The molecule has 0 radical (unpaired) electrons. The number of likely N-dealkylation sites (N-methyl/N-ethyl adjacent to an activating group) is 1. The van der Waals surface area contributed by atoms with Crippen molar-refractivity contribution in [1.82, 2.24) is 9.88 Å². The molecule has 0 bridgehead atoms. The molecule has 2 aromatic carbocycles. The zero-order valence-electron chi connectivity index (χ0n) is 22.1. The largest absolute Gasteiger partial charge is 0.490 e. The van der Waals surface area contributed by atoms with E-state index in [0.29, 0.717) is 54.3 Å². The van der Waals surface area contributed by atoms with Crippen molar-refractivity contribution < 1.29 is 19.0 Å². The molecule has 0 atom stereocenters. The van der Waals surface area contributed by atoms with Crippen LogP contribution in [0.5, 0.6) is 17.2 Å². The van der Waals surface area contributed by atoms with Crippen molar-refractivity contribution in [2.75, 3.05) is 50.9 Å². The van der Waals surface area contributed by atoms with E-state index in [2.05, 4.69) is 31.7 Å². The van der Waals surface area contributed by atoms with Crippen LogP contribution in [-0.2, 0) is 0 Å². The molecule has 3 aromatic rings. The molecule has 0 N–H and O–H groups in total. The van der Waals surface area contributed by atoms with Gasteiger partial charge in [-0.2, -0.15) is 0 Å². The van der Waals surface area contributed by atoms with Crippen molar-refractivity contribution in [2.45, 2.75) is 41.5 Å². The van der Waals surface area contributed by atoms with Gasteiger partial charge in [-0.1, -0.05) is 31.3 Å². The van der Waals surface area contributed by atoms with Crippen LogP contribution in [0.4, 0.5) is 5.13 Å². The second-order valence-electron chi connectivity index (χ2n) is 8.05. The molecule has 1 heterocycles. The first-order valence-corrected chi connectivity index (χ1v) is 13.2. The van der Waals surface area contributed by atoms with Crippen LogP contribution >= 0.6 is 23.7 Å². The van der Waals surface area contributed by atoms with Gasteiger partial charge in [0.15, 0.2) is 16.6 Å². The molecule has 1 aromatic heterocycles. The summed E-state index contributed by atoms with van der Waals surface area (Å²) in [6.45, 7) is 16.5. The maximum atomic E-state index is 14.0. The van der Waals surface area contributed by atoms with Gasteiger partial charge in [0.1, 0.15) is 0 Å². The van der Waals surface area contributed by atoms with Crippen LogP contribution in [0, 0.1) is 6.92 Å². The minimum Gasteiger partial charge on any atom is -0.490 e. The maximum absolute atomic E-state index is 14.0. The summed E-state index contributed by atoms with van der Waals surface area (Å²) in [6.07, 6.45) is 0. The van der Waals surface area contributed by atoms with Gasteiger partial charge >= 0.3 is 0 Å². The normalized spacial score (nSPS) is 10.9. The third kappa shape index (κ3) is 7.02. The van der Waals surface area contributed by atoms with E-state index in [1.165, 1.54) is 16.9 Å². The van der Waals surface area contributed by atoms with E-state index in [0.717, 1.165) is 29.9 Å². The van der Waals surface area contributed by atoms with Crippen LogP contribution in [0.2, 0.25) is 0 Å². The average molecular weight is 536 g/mol. The monoisotopic (exact) mass is 535 g/mol. The van der Waals surface area contributed by atoms with E-state index < -0.39 is 0 Å². The Labute approximate surface area is 224 Å². The highest BCUT2D eigenvalue weighted by molar-refractivity contribution is 7.22. The number of hydrogen-bond donors (Lipinski definition) is 0. The molecular formula is C27H38ClN3O4S. The van der Waals surface area contributed by atoms with Gasteiger partial charge in [-0.3, -0.25) is 9.69 Å². The number of nitrogens with zero attached hydrogens (tertiary/aromatic N) is 3. The Morgan fingerprint density at radius 1 is 0.889 bits per heavy atom. The number of benzene rings is 2. The molecule has 198 valence electrons. The molecule has 0 aliphatic heterocycles. The summed E-state index contributed by atoms with van der Waals surface area (Å²) in [7, 11) is 0. The van der Waals surface area contributed by atoms with Crippen molar-refractivity contribution in [3.05, 3.63) is 41.5 Å². The Morgan fingerprint density at radius 3 is 2.06 bits per heavy atom. The number of aromatic nitrogens is 1. The zero-order chi connectivity index (χ0) is 25.4. The number of rotatable bonds is 13. The number of carbonyl (C=O) groups excluding carboxylic acids is 1. The van der Waals surface area contributed by atoms with Crippen LogP contribution < -0.4 is 19.1 Å². The molecule has 0 saturated heterocycles. The van der Waals surface area contributed by atoms with Gasteiger partial charge in [0.25, 0.3) is 5.91 Å². The Kier molecular flexibility index (Phi) is 11.8. The lowest BCUT2D eigenvalue weighted by atomic mass is 10.1. The molecule has 0 aliphatic carbocycles. The molecule has 0 spiro atoms. The smallest absolute Gasteiger partial charge is 0.260 e. The van der Waals surface area contributed by atoms with Crippen LogP contribution in [0.25, 0.3) is 10.2 Å². The lowest BCUT2D eigenvalue weighted by Gasteiger charge is -2.25. The number of anilines is 1. The molecule has 0 saturated carbocycles. The molecule has 7 nitrogen and oxygen atoms in total.